The monoisotopic (exact) mass is 401 g/mol. The molecule has 0 aliphatic rings. The number of aromatic nitrogens is 1. The van der Waals surface area contributed by atoms with E-state index in [1.807, 2.05) is 0 Å². The molecule has 0 aliphatic heterocycles. The summed E-state index contributed by atoms with van der Waals surface area (Å²) in [6.45, 7) is 0.433. The third-order valence-electron chi connectivity index (χ3n) is 3.87. The van der Waals surface area contributed by atoms with Crippen molar-refractivity contribution in [1.82, 2.24) is 10.3 Å². The Hall–Kier alpha value is -3.13. The summed E-state index contributed by atoms with van der Waals surface area (Å²) in [5, 5.41) is 7.47. The van der Waals surface area contributed by atoms with E-state index in [0.29, 0.717) is 29.4 Å². The van der Waals surface area contributed by atoms with Gasteiger partial charge in [-0.3, -0.25) is 14.9 Å². The third-order valence-corrected chi connectivity index (χ3v) is 4.68. The maximum atomic E-state index is 12.9. The second-order valence-electron chi connectivity index (χ2n) is 6.01. The number of carbonyl (C=O) groups excluding carboxylic acids is 2. The molecule has 0 radical (unpaired) electrons. The van der Waals surface area contributed by atoms with Gasteiger partial charge >= 0.3 is 0 Å². The second kappa shape index (κ2) is 9.18. The standard InChI is InChI=1S/C20H17F2N3O2S/c21-15-5-1-13(2-6-15)9-10-23-18(26)11-17-12-28-20(24-17)25-19(27)14-3-7-16(22)8-4-14/h1-8,12H,9-11H2,(H,23,26)(H,24,25,27). The zero-order valence-corrected chi connectivity index (χ0v) is 15.6. The van der Waals surface area contributed by atoms with Crippen LogP contribution in [0.4, 0.5) is 13.9 Å². The van der Waals surface area contributed by atoms with Crippen LogP contribution in [-0.4, -0.2) is 23.3 Å². The van der Waals surface area contributed by atoms with Crippen LogP contribution >= 0.6 is 11.3 Å². The molecule has 3 rings (SSSR count). The molecule has 2 amide bonds. The normalized spacial score (nSPS) is 10.5. The lowest BCUT2D eigenvalue weighted by atomic mass is 10.1. The molecular formula is C20H17F2N3O2S. The Morgan fingerprint density at radius 1 is 0.964 bits per heavy atom. The van der Waals surface area contributed by atoms with Gasteiger partial charge in [-0.15, -0.1) is 11.3 Å². The van der Waals surface area contributed by atoms with Crippen LogP contribution in [0.2, 0.25) is 0 Å². The lowest BCUT2D eigenvalue weighted by molar-refractivity contribution is -0.120. The number of nitrogens with one attached hydrogen (secondary N) is 2. The fraction of sp³-hybridized carbons (Fsp3) is 0.150. The van der Waals surface area contributed by atoms with Crippen molar-refractivity contribution in [3.8, 4) is 0 Å². The zero-order valence-electron chi connectivity index (χ0n) is 14.7. The molecule has 2 N–H and O–H groups in total. The molecule has 0 spiro atoms. The highest BCUT2D eigenvalue weighted by Gasteiger charge is 2.11. The van der Waals surface area contributed by atoms with E-state index in [4.69, 9.17) is 0 Å². The summed E-state index contributed by atoms with van der Waals surface area (Å²) in [5.41, 5.74) is 1.79. The van der Waals surface area contributed by atoms with Crippen molar-refractivity contribution < 1.29 is 18.4 Å². The largest absolute Gasteiger partial charge is 0.355 e. The minimum Gasteiger partial charge on any atom is -0.355 e. The van der Waals surface area contributed by atoms with Crippen LogP contribution in [0.25, 0.3) is 0 Å². The molecule has 0 saturated carbocycles. The van der Waals surface area contributed by atoms with Crippen LogP contribution in [0.5, 0.6) is 0 Å². The van der Waals surface area contributed by atoms with E-state index in [2.05, 4.69) is 15.6 Å². The fourth-order valence-corrected chi connectivity index (χ4v) is 3.15. The van der Waals surface area contributed by atoms with E-state index < -0.39 is 11.7 Å². The van der Waals surface area contributed by atoms with Crippen molar-refractivity contribution in [1.29, 1.82) is 0 Å². The quantitative estimate of drug-likeness (QED) is 0.636. The first-order valence-corrected chi connectivity index (χ1v) is 9.40. The summed E-state index contributed by atoms with van der Waals surface area (Å²) in [7, 11) is 0. The lowest BCUT2D eigenvalue weighted by Crippen LogP contribution is -2.27. The van der Waals surface area contributed by atoms with Crippen LogP contribution in [0.3, 0.4) is 0 Å². The first-order valence-electron chi connectivity index (χ1n) is 8.52. The van der Waals surface area contributed by atoms with Gasteiger partial charge in [0, 0.05) is 17.5 Å². The number of amides is 2. The SMILES string of the molecule is O=C(Cc1csc(NC(=O)c2ccc(F)cc2)n1)NCCc1ccc(F)cc1. The topological polar surface area (TPSA) is 71.1 Å². The molecule has 5 nitrogen and oxygen atoms in total. The van der Waals surface area contributed by atoms with Crippen LogP contribution in [-0.2, 0) is 17.6 Å². The van der Waals surface area contributed by atoms with E-state index >= 15 is 0 Å². The number of hydrogen-bond acceptors (Lipinski definition) is 4. The van der Waals surface area contributed by atoms with Gasteiger partial charge in [0.2, 0.25) is 5.91 Å². The Morgan fingerprint density at radius 2 is 1.61 bits per heavy atom. The molecule has 0 saturated heterocycles. The molecule has 3 aromatic rings. The van der Waals surface area contributed by atoms with Crippen molar-refractivity contribution in [2.45, 2.75) is 12.8 Å². The predicted octanol–water partition coefficient (Wildman–Crippen LogP) is 3.58. The van der Waals surface area contributed by atoms with Crippen molar-refractivity contribution in [2.24, 2.45) is 0 Å². The first kappa shape index (κ1) is 19.6. The van der Waals surface area contributed by atoms with Crippen LogP contribution in [0, 0.1) is 11.6 Å². The maximum absolute atomic E-state index is 12.9. The first-order chi connectivity index (χ1) is 13.5. The lowest BCUT2D eigenvalue weighted by Gasteiger charge is -2.04. The molecule has 28 heavy (non-hydrogen) atoms. The predicted molar refractivity (Wildman–Crippen MR) is 103 cm³/mol. The highest BCUT2D eigenvalue weighted by atomic mass is 32.1. The van der Waals surface area contributed by atoms with Gasteiger partial charge in [0.15, 0.2) is 5.13 Å². The molecule has 0 aliphatic carbocycles. The van der Waals surface area contributed by atoms with E-state index in [0.717, 1.165) is 5.56 Å². The highest BCUT2D eigenvalue weighted by molar-refractivity contribution is 7.14. The van der Waals surface area contributed by atoms with Crippen LogP contribution < -0.4 is 10.6 Å². The Bertz CT molecular complexity index is 956. The van der Waals surface area contributed by atoms with Gasteiger partial charge in [0.05, 0.1) is 12.1 Å². The van der Waals surface area contributed by atoms with Gasteiger partial charge in [-0.05, 0) is 48.4 Å². The van der Waals surface area contributed by atoms with Crippen molar-refractivity contribution in [2.75, 3.05) is 11.9 Å². The Labute approximate surface area is 164 Å². The molecule has 1 heterocycles. The number of rotatable bonds is 7. The molecule has 0 fully saturated rings. The molecular weight excluding hydrogens is 384 g/mol. The number of thiazole rings is 1. The van der Waals surface area contributed by atoms with Gasteiger partial charge in [0.25, 0.3) is 5.91 Å². The average Bonchev–Trinajstić information content (AvgIpc) is 3.10. The number of nitrogens with zero attached hydrogens (tertiary/aromatic N) is 1. The van der Waals surface area contributed by atoms with E-state index in [1.165, 1.54) is 47.7 Å². The second-order valence-corrected chi connectivity index (χ2v) is 6.87. The summed E-state index contributed by atoms with van der Waals surface area (Å²) in [6, 6.07) is 11.3. The average molecular weight is 401 g/mol. The van der Waals surface area contributed by atoms with E-state index in [-0.39, 0.29) is 18.1 Å². The third kappa shape index (κ3) is 5.68. The van der Waals surface area contributed by atoms with Gasteiger partial charge in [-0.2, -0.15) is 0 Å². The Morgan fingerprint density at radius 3 is 2.29 bits per heavy atom. The molecule has 2 aromatic carbocycles. The zero-order chi connectivity index (χ0) is 19.9. The summed E-state index contributed by atoms with van der Waals surface area (Å²) >= 11 is 1.21. The molecule has 8 heteroatoms. The van der Waals surface area contributed by atoms with E-state index in [9.17, 15) is 18.4 Å². The number of benzene rings is 2. The summed E-state index contributed by atoms with van der Waals surface area (Å²) in [5.74, 6) is -1.30. The summed E-state index contributed by atoms with van der Waals surface area (Å²) in [4.78, 5) is 28.3. The Balaban J connectivity index is 1.45. The van der Waals surface area contributed by atoms with Gasteiger partial charge in [0.1, 0.15) is 11.6 Å². The number of carbonyl (C=O) groups is 2. The van der Waals surface area contributed by atoms with Crippen LogP contribution in [0.15, 0.2) is 53.9 Å². The maximum Gasteiger partial charge on any atom is 0.257 e. The number of hydrogen-bond donors (Lipinski definition) is 2. The number of anilines is 1. The molecule has 0 unspecified atom stereocenters. The highest BCUT2D eigenvalue weighted by Crippen LogP contribution is 2.17. The van der Waals surface area contributed by atoms with Gasteiger partial charge < -0.3 is 5.32 Å². The number of halogens is 2. The van der Waals surface area contributed by atoms with Crippen molar-refractivity contribution in [3.05, 3.63) is 82.4 Å². The molecule has 0 bridgehead atoms. The minimum atomic E-state index is -0.418. The smallest absolute Gasteiger partial charge is 0.257 e. The summed E-state index contributed by atoms with van der Waals surface area (Å²) < 4.78 is 25.8. The Kier molecular flexibility index (Phi) is 6.44. The van der Waals surface area contributed by atoms with Crippen molar-refractivity contribution in [3.63, 3.8) is 0 Å². The van der Waals surface area contributed by atoms with Crippen LogP contribution in [0.1, 0.15) is 21.6 Å². The molecule has 144 valence electrons. The van der Waals surface area contributed by atoms with E-state index in [1.54, 1.807) is 17.5 Å². The van der Waals surface area contributed by atoms with Crippen molar-refractivity contribution >= 4 is 28.3 Å². The van der Waals surface area contributed by atoms with Gasteiger partial charge in [-0.1, -0.05) is 12.1 Å². The molecule has 0 atom stereocenters. The summed E-state index contributed by atoms with van der Waals surface area (Å²) in [6.07, 6.45) is 0.689. The molecule has 1 aromatic heterocycles. The minimum absolute atomic E-state index is 0.0896. The fourth-order valence-electron chi connectivity index (χ4n) is 2.44. The van der Waals surface area contributed by atoms with Gasteiger partial charge in [-0.25, -0.2) is 13.8 Å².